The van der Waals surface area contributed by atoms with Crippen molar-refractivity contribution in [1.29, 1.82) is 0 Å². The van der Waals surface area contributed by atoms with E-state index in [1.165, 1.54) is 19.2 Å². The van der Waals surface area contributed by atoms with Crippen molar-refractivity contribution in [3.8, 4) is 0 Å². The SMILES string of the molecule is CC[C@H](C)[C@@H](C(=O)O)N(C)S(=O)(=O)c1ccc(Cn2c(C)nc3cnccc32)cc1. The van der Waals surface area contributed by atoms with Crippen molar-refractivity contribution >= 4 is 27.0 Å². The van der Waals surface area contributed by atoms with Crippen LogP contribution in [-0.2, 0) is 21.4 Å². The van der Waals surface area contributed by atoms with Crippen molar-refractivity contribution in [3.05, 3.63) is 54.1 Å². The lowest BCUT2D eigenvalue weighted by Gasteiger charge is -2.28. The van der Waals surface area contributed by atoms with E-state index in [2.05, 4.69) is 9.97 Å². The number of imidazole rings is 1. The molecule has 0 radical (unpaired) electrons. The molecular weight excluding hydrogens is 404 g/mol. The summed E-state index contributed by atoms with van der Waals surface area (Å²) < 4.78 is 29.0. The minimum Gasteiger partial charge on any atom is -0.480 e. The number of nitrogens with zero attached hydrogens (tertiary/aromatic N) is 4. The maximum absolute atomic E-state index is 13.0. The average molecular weight is 431 g/mol. The van der Waals surface area contributed by atoms with Crippen molar-refractivity contribution in [1.82, 2.24) is 18.8 Å². The molecule has 160 valence electrons. The number of pyridine rings is 1. The third kappa shape index (κ3) is 4.08. The maximum Gasteiger partial charge on any atom is 0.322 e. The van der Waals surface area contributed by atoms with Gasteiger partial charge >= 0.3 is 5.97 Å². The number of benzene rings is 1. The number of aryl methyl sites for hydroxylation is 1. The predicted octanol–water partition coefficient (Wildman–Crippen LogP) is 2.91. The number of rotatable bonds is 8. The molecule has 0 unspecified atom stereocenters. The Morgan fingerprint density at radius 3 is 2.50 bits per heavy atom. The molecule has 0 amide bonds. The Balaban J connectivity index is 1.87. The zero-order valence-corrected chi connectivity index (χ0v) is 18.3. The largest absolute Gasteiger partial charge is 0.480 e. The van der Waals surface area contributed by atoms with Crippen LogP contribution in [0.1, 0.15) is 31.7 Å². The lowest BCUT2D eigenvalue weighted by atomic mass is 10.00. The molecule has 2 heterocycles. The molecule has 3 aromatic rings. The highest BCUT2D eigenvalue weighted by atomic mass is 32.2. The highest BCUT2D eigenvalue weighted by molar-refractivity contribution is 7.89. The van der Waals surface area contributed by atoms with Gasteiger partial charge in [0.1, 0.15) is 17.4 Å². The van der Waals surface area contributed by atoms with E-state index in [4.69, 9.17) is 0 Å². The summed E-state index contributed by atoms with van der Waals surface area (Å²) in [5, 5.41) is 9.54. The van der Waals surface area contributed by atoms with Crippen LogP contribution in [0.3, 0.4) is 0 Å². The van der Waals surface area contributed by atoms with Crippen molar-refractivity contribution in [2.24, 2.45) is 5.92 Å². The second kappa shape index (κ2) is 8.53. The van der Waals surface area contributed by atoms with Gasteiger partial charge in [-0.15, -0.1) is 0 Å². The Morgan fingerprint density at radius 2 is 1.90 bits per heavy atom. The third-order valence-electron chi connectivity index (χ3n) is 5.51. The van der Waals surface area contributed by atoms with Crippen LogP contribution >= 0.6 is 0 Å². The molecule has 30 heavy (non-hydrogen) atoms. The van der Waals surface area contributed by atoms with Gasteiger partial charge in [0.15, 0.2) is 0 Å². The number of sulfonamides is 1. The first-order chi connectivity index (χ1) is 14.2. The molecule has 2 aromatic heterocycles. The second-order valence-electron chi connectivity index (χ2n) is 7.44. The molecule has 8 nitrogen and oxygen atoms in total. The molecule has 0 bridgehead atoms. The molecule has 3 rings (SSSR count). The smallest absolute Gasteiger partial charge is 0.322 e. The van der Waals surface area contributed by atoms with Gasteiger partial charge in [0.2, 0.25) is 10.0 Å². The van der Waals surface area contributed by atoms with Gasteiger partial charge in [0, 0.05) is 19.8 Å². The zero-order chi connectivity index (χ0) is 22.1. The summed E-state index contributed by atoms with van der Waals surface area (Å²) in [6, 6.07) is 7.30. The molecule has 9 heteroatoms. The summed E-state index contributed by atoms with van der Waals surface area (Å²) in [6.45, 7) is 6.02. The monoisotopic (exact) mass is 430 g/mol. The molecule has 0 aliphatic rings. The highest BCUT2D eigenvalue weighted by Gasteiger charge is 2.35. The van der Waals surface area contributed by atoms with E-state index in [9.17, 15) is 18.3 Å². The van der Waals surface area contributed by atoms with E-state index in [0.717, 1.165) is 26.7 Å². The van der Waals surface area contributed by atoms with Gasteiger partial charge in [0.05, 0.1) is 16.6 Å². The molecule has 0 fully saturated rings. The molecule has 1 aromatic carbocycles. The van der Waals surface area contributed by atoms with Crippen LogP contribution < -0.4 is 0 Å². The van der Waals surface area contributed by atoms with Crippen LogP contribution in [0.25, 0.3) is 11.0 Å². The molecule has 1 N–H and O–H groups in total. The maximum atomic E-state index is 13.0. The molecule has 0 aliphatic carbocycles. The van der Waals surface area contributed by atoms with Gasteiger partial charge in [-0.2, -0.15) is 4.31 Å². The fourth-order valence-electron chi connectivity index (χ4n) is 3.55. The number of carbonyl (C=O) groups is 1. The van der Waals surface area contributed by atoms with E-state index >= 15 is 0 Å². The van der Waals surface area contributed by atoms with Crippen molar-refractivity contribution < 1.29 is 18.3 Å². The van der Waals surface area contributed by atoms with Crippen molar-refractivity contribution in [2.45, 2.75) is 44.7 Å². The van der Waals surface area contributed by atoms with E-state index < -0.39 is 22.0 Å². The number of hydrogen-bond donors (Lipinski definition) is 1. The summed E-state index contributed by atoms with van der Waals surface area (Å²) in [6.07, 6.45) is 3.98. The second-order valence-corrected chi connectivity index (χ2v) is 9.44. The van der Waals surface area contributed by atoms with Crippen molar-refractivity contribution in [2.75, 3.05) is 7.05 Å². The minimum absolute atomic E-state index is 0.0692. The van der Waals surface area contributed by atoms with Gasteiger partial charge in [0.25, 0.3) is 0 Å². The summed E-state index contributed by atoms with van der Waals surface area (Å²) in [5.41, 5.74) is 2.67. The van der Waals surface area contributed by atoms with E-state index in [1.54, 1.807) is 31.5 Å². The van der Waals surface area contributed by atoms with Crippen LogP contribution in [-0.4, -0.2) is 51.4 Å². The first-order valence-corrected chi connectivity index (χ1v) is 11.2. The Kier molecular flexibility index (Phi) is 6.23. The normalized spacial score (nSPS) is 14.2. The van der Waals surface area contributed by atoms with Crippen LogP contribution in [0.4, 0.5) is 0 Å². The first kappa shape index (κ1) is 21.9. The Morgan fingerprint density at radius 1 is 1.23 bits per heavy atom. The molecular formula is C21H26N4O4S. The Bertz CT molecular complexity index is 1160. The van der Waals surface area contributed by atoms with Gasteiger partial charge in [-0.3, -0.25) is 9.78 Å². The zero-order valence-electron chi connectivity index (χ0n) is 17.5. The fraction of sp³-hybridized carbons (Fsp3) is 0.381. The summed E-state index contributed by atoms with van der Waals surface area (Å²) in [4.78, 5) is 20.3. The van der Waals surface area contributed by atoms with Crippen LogP contribution in [0.5, 0.6) is 0 Å². The molecule has 2 atom stereocenters. The third-order valence-corrected chi connectivity index (χ3v) is 7.36. The van der Waals surface area contributed by atoms with Gasteiger partial charge in [-0.25, -0.2) is 13.4 Å². The average Bonchev–Trinajstić information content (AvgIpc) is 3.03. The van der Waals surface area contributed by atoms with Crippen molar-refractivity contribution in [3.63, 3.8) is 0 Å². The topological polar surface area (TPSA) is 105 Å². The Labute approximate surface area is 176 Å². The molecule has 0 aliphatic heterocycles. The van der Waals surface area contributed by atoms with Gasteiger partial charge in [-0.1, -0.05) is 32.4 Å². The first-order valence-electron chi connectivity index (χ1n) is 9.73. The number of carboxylic acids is 1. The molecule has 0 saturated carbocycles. The van der Waals surface area contributed by atoms with Gasteiger partial charge in [-0.05, 0) is 36.6 Å². The van der Waals surface area contributed by atoms with Crippen LogP contribution in [0.2, 0.25) is 0 Å². The molecule has 0 spiro atoms. The summed E-state index contributed by atoms with van der Waals surface area (Å²) in [7, 11) is -2.61. The van der Waals surface area contributed by atoms with Crippen LogP contribution in [0, 0.1) is 12.8 Å². The van der Waals surface area contributed by atoms with E-state index in [-0.39, 0.29) is 10.8 Å². The Hall–Kier alpha value is -2.78. The number of aromatic nitrogens is 3. The number of carboxylic acid groups (broad SMARTS) is 1. The van der Waals surface area contributed by atoms with Crippen LogP contribution in [0.15, 0.2) is 47.6 Å². The number of likely N-dealkylation sites (N-methyl/N-ethyl adjacent to an activating group) is 1. The lowest BCUT2D eigenvalue weighted by Crippen LogP contribution is -2.46. The number of fused-ring (bicyclic) bond motifs is 1. The molecule has 0 saturated heterocycles. The fourth-order valence-corrected chi connectivity index (χ4v) is 4.96. The summed E-state index contributed by atoms with van der Waals surface area (Å²) >= 11 is 0. The standard InChI is InChI=1S/C21H26N4O4S/c1-5-14(2)20(21(26)27)24(4)30(28,29)17-8-6-16(7-9-17)13-25-15(3)23-18-12-22-11-10-19(18)25/h6-12,14,20H,5,13H2,1-4H3,(H,26,27)/t14-,20-/m0/s1. The minimum atomic E-state index is -3.93. The highest BCUT2D eigenvalue weighted by Crippen LogP contribution is 2.23. The number of aliphatic carboxylic acids is 1. The number of hydrogen-bond acceptors (Lipinski definition) is 5. The quantitative estimate of drug-likeness (QED) is 0.589. The van der Waals surface area contributed by atoms with E-state index in [0.29, 0.717) is 13.0 Å². The predicted molar refractivity (Wildman–Crippen MR) is 114 cm³/mol. The lowest BCUT2D eigenvalue weighted by molar-refractivity contribution is -0.142. The van der Waals surface area contributed by atoms with Gasteiger partial charge < -0.3 is 9.67 Å². The van der Waals surface area contributed by atoms with E-state index in [1.807, 2.05) is 24.5 Å². The summed E-state index contributed by atoms with van der Waals surface area (Å²) in [5.74, 6) is -0.621.